The van der Waals surface area contributed by atoms with Crippen LogP contribution in [0.25, 0.3) is 10.9 Å². The number of fused-ring (bicyclic) bond motifs is 1. The van der Waals surface area contributed by atoms with E-state index >= 15 is 0 Å². The monoisotopic (exact) mass is 261 g/mol. The number of nitrogens with one attached hydrogen (secondary N) is 1. The van der Waals surface area contributed by atoms with Crippen molar-refractivity contribution in [1.82, 2.24) is 4.98 Å². The molecule has 0 fully saturated rings. The fourth-order valence-corrected chi connectivity index (χ4v) is 1.41. The number of H-pyrrole nitrogens is 1. The van der Waals surface area contributed by atoms with E-state index in [4.69, 9.17) is 4.74 Å². The summed E-state index contributed by atoms with van der Waals surface area (Å²) in [7, 11) is 0. The number of benzene rings is 1. The zero-order chi connectivity index (χ0) is 14.3. The average Bonchev–Trinajstić information content (AvgIpc) is 2.84. The smallest absolute Gasteiger partial charge is 0.308 e. The van der Waals surface area contributed by atoms with Crippen molar-refractivity contribution in [2.75, 3.05) is 6.61 Å². The normalized spacial score (nSPS) is 10.4. The van der Waals surface area contributed by atoms with Gasteiger partial charge in [-0.2, -0.15) is 0 Å². The van der Waals surface area contributed by atoms with Gasteiger partial charge in [0.15, 0.2) is 0 Å². The van der Waals surface area contributed by atoms with Gasteiger partial charge in [-0.1, -0.05) is 45.9 Å². The summed E-state index contributed by atoms with van der Waals surface area (Å²) in [5.74, 6) is 0.329. The van der Waals surface area contributed by atoms with Crippen molar-refractivity contribution in [3.8, 4) is 0 Å². The van der Waals surface area contributed by atoms with Crippen molar-refractivity contribution in [2.24, 2.45) is 11.8 Å². The summed E-state index contributed by atoms with van der Waals surface area (Å²) < 4.78 is 4.93. The highest BCUT2D eigenvalue weighted by atomic mass is 16.5. The third kappa shape index (κ3) is 5.60. The number of ether oxygens (including phenoxy) is 1. The van der Waals surface area contributed by atoms with Gasteiger partial charge in [0, 0.05) is 11.7 Å². The van der Waals surface area contributed by atoms with Gasteiger partial charge >= 0.3 is 5.97 Å². The molecule has 0 spiro atoms. The molecule has 1 N–H and O–H groups in total. The highest BCUT2D eigenvalue weighted by Gasteiger charge is 2.07. The van der Waals surface area contributed by atoms with Gasteiger partial charge in [0.1, 0.15) is 0 Å². The van der Waals surface area contributed by atoms with Crippen LogP contribution in [-0.4, -0.2) is 17.6 Å². The quantitative estimate of drug-likeness (QED) is 0.848. The van der Waals surface area contributed by atoms with Crippen molar-refractivity contribution in [2.45, 2.75) is 27.7 Å². The Kier molecular flexibility index (Phi) is 6.13. The molecule has 2 rings (SSSR count). The van der Waals surface area contributed by atoms with Crippen LogP contribution < -0.4 is 0 Å². The lowest BCUT2D eigenvalue weighted by molar-refractivity contribution is -0.148. The van der Waals surface area contributed by atoms with Crippen LogP contribution in [0.4, 0.5) is 0 Å². The average molecular weight is 261 g/mol. The van der Waals surface area contributed by atoms with Crippen molar-refractivity contribution in [3.05, 3.63) is 36.5 Å². The van der Waals surface area contributed by atoms with Gasteiger partial charge in [-0.15, -0.1) is 0 Å². The molecule has 3 heteroatoms. The van der Waals surface area contributed by atoms with Crippen LogP contribution in [0.1, 0.15) is 27.7 Å². The number of aromatic amines is 1. The summed E-state index contributed by atoms with van der Waals surface area (Å²) in [6.45, 7) is 8.25. The third-order valence-electron chi connectivity index (χ3n) is 2.49. The van der Waals surface area contributed by atoms with Crippen LogP contribution in [-0.2, 0) is 9.53 Å². The minimum absolute atomic E-state index is 0.00116. The molecule has 0 saturated heterocycles. The Morgan fingerprint density at radius 2 is 1.84 bits per heavy atom. The predicted molar refractivity (Wildman–Crippen MR) is 78.9 cm³/mol. The fourth-order valence-electron chi connectivity index (χ4n) is 1.41. The zero-order valence-electron chi connectivity index (χ0n) is 12.1. The van der Waals surface area contributed by atoms with Crippen molar-refractivity contribution < 1.29 is 9.53 Å². The molecule has 0 unspecified atom stereocenters. The predicted octanol–water partition coefficient (Wildman–Crippen LogP) is 4.01. The van der Waals surface area contributed by atoms with Crippen LogP contribution in [0.2, 0.25) is 0 Å². The molecule has 0 amide bonds. The third-order valence-corrected chi connectivity index (χ3v) is 2.49. The molecule has 1 aromatic heterocycles. The number of hydrogen-bond donors (Lipinski definition) is 1. The fraction of sp³-hybridized carbons (Fsp3) is 0.438. The maximum absolute atomic E-state index is 10.8. The lowest BCUT2D eigenvalue weighted by Crippen LogP contribution is -2.14. The number of carbonyl (C=O) groups is 1. The number of carbonyl (C=O) groups excluding carboxylic acids is 1. The van der Waals surface area contributed by atoms with Crippen LogP contribution >= 0.6 is 0 Å². The Bertz CT molecular complexity index is 470. The van der Waals surface area contributed by atoms with Crippen LogP contribution in [0.5, 0.6) is 0 Å². The number of para-hydroxylation sites is 1. The Morgan fingerprint density at radius 1 is 1.16 bits per heavy atom. The molecule has 2 aromatic rings. The highest BCUT2D eigenvalue weighted by Crippen LogP contribution is 2.09. The molecule has 1 heterocycles. The molecule has 3 nitrogen and oxygen atoms in total. The first kappa shape index (κ1) is 15.3. The van der Waals surface area contributed by atoms with Crippen molar-refractivity contribution in [1.29, 1.82) is 0 Å². The molecule has 0 radical (unpaired) electrons. The van der Waals surface area contributed by atoms with E-state index in [1.54, 1.807) is 0 Å². The molecule has 0 saturated carbocycles. The number of rotatable bonds is 3. The molecule has 0 aliphatic rings. The van der Waals surface area contributed by atoms with Gasteiger partial charge in [0.2, 0.25) is 0 Å². The molecule has 0 atom stereocenters. The molecular weight excluding hydrogens is 238 g/mol. The minimum atomic E-state index is -0.103. The Labute approximate surface area is 115 Å². The zero-order valence-corrected chi connectivity index (χ0v) is 12.1. The molecule has 0 bridgehead atoms. The number of esters is 1. The van der Waals surface area contributed by atoms with Gasteiger partial charge in [-0.3, -0.25) is 4.79 Å². The van der Waals surface area contributed by atoms with Gasteiger partial charge in [-0.05, 0) is 23.4 Å². The SMILES string of the molecule is CC(C)COC(=O)C(C)C.c1ccc2[nH]ccc2c1. The summed E-state index contributed by atoms with van der Waals surface area (Å²) in [6, 6.07) is 10.3. The van der Waals surface area contributed by atoms with E-state index < -0.39 is 0 Å². The van der Waals surface area contributed by atoms with Crippen molar-refractivity contribution >= 4 is 16.9 Å². The Morgan fingerprint density at radius 3 is 2.42 bits per heavy atom. The van der Waals surface area contributed by atoms with E-state index in [9.17, 15) is 4.79 Å². The standard InChI is InChI=1S/C8H7N.C8H16O2/c1-2-4-8-7(3-1)5-6-9-8;1-6(2)5-10-8(9)7(3)4/h1-6,9H;6-7H,5H2,1-4H3. The second-order valence-electron chi connectivity index (χ2n) is 5.24. The molecular formula is C16H23NO2. The second kappa shape index (κ2) is 7.62. The molecule has 0 aliphatic heterocycles. The van der Waals surface area contributed by atoms with Crippen LogP contribution in [0, 0.1) is 11.8 Å². The molecule has 1 aromatic carbocycles. The highest BCUT2D eigenvalue weighted by molar-refractivity contribution is 5.78. The van der Waals surface area contributed by atoms with E-state index in [-0.39, 0.29) is 11.9 Å². The summed E-state index contributed by atoms with van der Waals surface area (Å²) >= 11 is 0. The van der Waals surface area contributed by atoms with Crippen LogP contribution in [0.3, 0.4) is 0 Å². The van der Waals surface area contributed by atoms with E-state index in [0.29, 0.717) is 12.5 Å². The lowest BCUT2D eigenvalue weighted by atomic mass is 10.2. The van der Waals surface area contributed by atoms with Gasteiger partial charge in [0.25, 0.3) is 0 Å². The maximum atomic E-state index is 10.8. The minimum Gasteiger partial charge on any atom is -0.465 e. The largest absolute Gasteiger partial charge is 0.465 e. The lowest BCUT2D eigenvalue weighted by Gasteiger charge is -2.08. The van der Waals surface area contributed by atoms with E-state index in [2.05, 4.69) is 23.2 Å². The van der Waals surface area contributed by atoms with Gasteiger partial charge in [0.05, 0.1) is 12.5 Å². The summed E-state index contributed by atoms with van der Waals surface area (Å²) in [6.07, 6.45) is 1.95. The Hall–Kier alpha value is -1.77. The van der Waals surface area contributed by atoms with E-state index in [1.807, 2.05) is 46.0 Å². The summed E-state index contributed by atoms with van der Waals surface area (Å²) in [5, 5.41) is 1.28. The van der Waals surface area contributed by atoms with Gasteiger partial charge < -0.3 is 9.72 Å². The second-order valence-corrected chi connectivity index (χ2v) is 5.24. The first-order valence-electron chi connectivity index (χ1n) is 6.69. The maximum Gasteiger partial charge on any atom is 0.308 e. The number of hydrogen-bond acceptors (Lipinski definition) is 2. The van der Waals surface area contributed by atoms with E-state index in [1.165, 1.54) is 10.9 Å². The van der Waals surface area contributed by atoms with E-state index in [0.717, 1.165) is 0 Å². The molecule has 104 valence electrons. The molecule has 0 aliphatic carbocycles. The number of aromatic nitrogens is 1. The summed E-state index contributed by atoms with van der Waals surface area (Å²) in [4.78, 5) is 13.9. The summed E-state index contributed by atoms with van der Waals surface area (Å²) in [5.41, 5.74) is 1.21. The van der Waals surface area contributed by atoms with Crippen molar-refractivity contribution in [3.63, 3.8) is 0 Å². The topological polar surface area (TPSA) is 42.1 Å². The van der Waals surface area contributed by atoms with Crippen LogP contribution in [0.15, 0.2) is 36.5 Å². The first-order chi connectivity index (χ1) is 9.00. The first-order valence-corrected chi connectivity index (χ1v) is 6.69. The van der Waals surface area contributed by atoms with Gasteiger partial charge in [-0.25, -0.2) is 0 Å². The Balaban J connectivity index is 0.000000190. The molecule has 19 heavy (non-hydrogen) atoms.